The number of thioether (sulfide) groups is 1. The van der Waals surface area contributed by atoms with Crippen molar-refractivity contribution in [2.24, 2.45) is 5.73 Å². The molecule has 3 rings (SSSR count). The second-order valence-electron chi connectivity index (χ2n) is 6.39. The first-order chi connectivity index (χ1) is 14.1. The van der Waals surface area contributed by atoms with Gasteiger partial charge in [-0.25, -0.2) is 0 Å². The lowest BCUT2D eigenvalue weighted by Gasteiger charge is -2.08. The molecule has 0 bridgehead atoms. The quantitative estimate of drug-likeness (QED) is 0.529. The van der Waals surface area contributed by atoms with Crippen LogP contribution in [0.15, 0.2) is 59.8 Å². The molecule has 0 unspecified atom stereocenters. The molecule has 0 aliphatic heterocycles. The highest BCUT2D eigenvalue weighted by atomic mass is 32.2. The summed E-state index contributed by atoms with van der Waals surface area (Å²) in [5, 5.41) is 11.8. The van der Waals surface area contributed by atoms with E-state index in [9.17, 15) is 9.59 Å². The van der Waals surface area contributed by atoms with Crippen LogP contribution in [0.4, 0.5) is 5.69 Å². The molecule has 29 heavy (non-hydrogen) atoms. The lowest BCUT2D eigenvalue weighted by Crippen LogP contribution is -2.15. The van der Waals surface area contributed by atoms with Gasteiger partial charge in [0.05, 0.1) is 5.75 Å². The summed E-state index contributed by atoms with van der Waals surface area (Å²) in [5.74, 6) is 0.425. The third-order valence-electron chi connectivity index (χ3n) is 4.31. The molecule has 0 spiro atoms. The largest absolute Gasteiger partial charge is 0.370 e. The highest BCUT2D eigenvalue weighted by Gasteiger charge is 2.14. The molecule has 150 valence electrons. The number of aromatic nitrogens is 3. The Morgan fingerprint density at radius 2 is 1.72 bits per heavy atom. The van der Waals surface area contributed by atoms with Crippen molar-refractivity contribution in [2.75, 3.05) is 11.1 Å². The van der Waals surface area contributed by atoms with Gasteiger partial charge >= 0.3 is 0 Å². The summed E-state index contributed by atoms with van der Waals surface area (Å²) >= 11 is 1.32. The van der Waals surface area contributed by atoms with Crippen LogP contribution in [-0.4, -0.2) is 32.3 Å². The minimum atomic E-state index is -0.373. The molecule has 3 aromatic rings. The molecule has 0 fully saturated rings. The maximum absolute atomic E-state index is 12.3. The van der Waals surface area contributed by atoms with Gasteiger partial charge in [-0.2, -0.15) is 0 Å². The zero-order valence-electron chi connectivity index (χ0n) is 16.2. The molecule has 0 saturated heterocycles. The molecular weight excluding hydrogens is 386 g/mol. The van der Waals surface area contributed by atoms with Gasteiger partial charge in [0.1, 0.15) is 5.82 Å². The van der Waals surface area contributed by atoms with Crippen LogP contribution in [0.3, 0.4) is 0 Å². The van der Waals surface area contributed by atoms with Crippen LogP contribution in [0.5, 0.6) is 0 Å². The number of aryl methyl sites for hydroxylation is 1. The Balaban J connectivity index is 1.55. The predicted octanol–water partition coefficient (Wildman–Crippen LogP) is 3.11. The summed E-state index contributed by atoms with van der Waals surface area (Å²) in [6, 6.07) is 17.8. The molecule has 0 radical (unpaired) electrons. The van der Waals surface area contributed by atoms with Crippen LogP contribution in [0.1, 0.15) is 19.2 Å². The standard InChI is InChI=1S/C21H23N5O2S/c1-2-26-19(13-12-18(22)27)24-25-21(26)29-14-20(28)23-17-10-8-16(9-11-17)15-6-4-3-5-7-15/h3-11H,2,12-14H2,1H3,(H2,22,27)(H,23,28). The third-order valence-corrected chi connectivity index (χ3v) is 5.28. The Morgan fingerprint density at radius 1 is 1.03 bits per heavy atom. The molecule has 2 amide bonds. The van der Waals surface area contributed by atoms with Crippen LogP contribution < -0.4 is 11.1 Å². The molecule has 8 heteroatoms. The fraction of sp³-hybridized carbons (Fsp3) is 0.238. The zero-order chi connectivity index (χ0) is 20.6. The highest BCUT2D eigenvalue weighted by Crippen LogP contribution is 2.22. The van der Waals surface area contributed by atoms with Gasteiger partial charge in [0, 0.05) is 25.1 Å². The van der Waals surface area contributed by atoms with E-state index in [4.69, 9.17) is 5.73 Å². The molecule has 3 N–H and O–H groups in total. The molecule has 1 aromatic heterocycles. The summed E-state index contributed by atoms with van der Waals surface area (Å²) in [4.78, 5) is 23.3. The highest BCUT2D eigenvalue weighted by molar-refractivity contribution is 7.99. The van der Waals surface area contributed by atoms with Crippen LogP contribution in [0.2, 0.25) is 0 Å². The lowest BCUT2D eigenvalue weighted by molar-refractivity contribution is -0.118. The number of primary amides is 1. The van der Waals surface area contributed by atoms with Crippen molar-refractivity contribution in [1.29, 1.82) is 0 Å². The Labute approximate surface area is 173 Å². The summed E-state index contributed by atoms with van der Waals surface area (Å²) < 4.78 is 1.90. The first kappa shape index (κ1) is 20.6. The Morgan fingerprint density at radius 3 is 2.38 bits per heavy atom. The van der Waals surface area contributed by atoms with Crippen molar-refractivity contribution in [2.45, 2.75) is 31.5 Å². The van der Waals surface area contributed by atoms with E-state index < -0.39 is 0 Å². The fourth-order valence-electron chi connectivity index (χ4n) is 2.87. The summed E-state index contributed by atoms with van der Waals surface area (Å²) in [5.41, 5.74) is 8.17. The van der Waals surface area contributed by atoms with E-state index in [0.29, 0.717) is 23.9 Å². The summed E-state index contributed by atoms with van der Waals surface area (Å²) in [6.45, 7) is 2.63. The summed E-state index contributed by atoms with van der Waals surface area (Å²) in [7, 11) is 0. The van der Waals surface area contributed by atoms with E-state index in [2.05, 4.69) is 15.5 Å². The zero-order valence-corrected chi connectivity index (χ0v) is 17.0. The van der Waals surface area contributed by atoms with E-state index in [1.807, 2.05) is 66.1 Å². The van der Waals surface area contributed by atoms with Gasteiger partial charge in [-0.1, -0.05) is 54.2 Å². The topological polar surface area (TPSA) is 103 Å². The first-order valence-electron chi connectivity index (χ1n) is 9.35. The number of carbonyl (C=O) groups excluding carboxylic acids is 2. The Kier molecular flexibility index (Phi) is 7.02. The molecular formula is C21H23N5O2S. The maximum Gasteiger partial charge on any atom is 0.234 e. The number of hydrogen-bond acceptors (Lipinski definition) is 5. The van der Waals surface area contributed by atoms with Crippen LogP contribution in [0, 0.1) is 0 Å². The number of nitrogens with one attached hydrogen (secondary N) is 1. The average Bonchev–Trinajstić information content (AvgIpc) is 3.14. The van der Waals surface area contributed by atoms with Crippen LogP contribution in [0.25, 0.3) is 11.1 Å². The number of carbonyl (C=O) groups is 2. The number of amides is 2. The monoisotopic (exact) mass is 409 g/mol. The van der Waals surface area contributed by atoms with Gasteiger partial charge in [-0.15, -0.1) is 10.2 Å². The van der Waals surface area contributed by atoms with Crippen molar-refractivity contribution in [3.63, 3.8) is 0 Å². The van der Waals surface area contributed by atoms with E-state index >= 15 is 0 Å². The minimum absolute atomic E-state index is 0.119. The normalized spacial score (nSPS) is 10.7. The molecule has 7 nitrogen and oxygen atoms in total. The number of anilines is 1. The Hall–Kier alpha value is -3.13. The maximum atomic E-state index is 12.3. The smallest absolute Gasteiger partial charge is 0.234 e. The lowest BCUT2D eigenvalue weighted by atomic mass is 10.1. The predicted molar refractivity (Wildman–Crippen MR) is 114 cm³/mol. The van der Waals surface area contributed by atoms with E-state index in [1.54, 1.807) is 0 Å². The van der Waals surface area contributed by atoms with E-state index in [0.717, 1.165) is 16.8 Å². The van der Waals surface area contributed by atoms with Gasteiger partial charge in [0.15, 0.2) is 5.16 Å². The fourth-order valence-corrected chi connectivity index (χ4v) is 3.69. The molecule has 0 aliphatic carbocycles. The van der Waals surface area contributed by atoms with Crippen LogP contribution in [-0.2, 0) is 22.6 Å². The number of nitrogens with two attached hydrogens (primary N) is 1. The average molecular weight is 410 g/mol. The number of benzene rings is 2. The van der Waals surface area contributed by atoms with Crippen molar-refractivity contribution in [3.05, 3.63) is 60.4 Å². The first-order valence-corrected chi connectivity index (χ1v) is 10.3. The van der Waals surface area contributed by atoms with Crippen molar-refractivity contribution < 1.29 is 9.59 Å². The third kappa shape index (κ3) is 5.68. The number of rotatable bonds is 9. The molecule has 0 saturated carbocycles. The summed E-state index contributed by atoms with van der Waals surface area (Å²) in [6.07, 6.45) is 0.666. The van der Waals surface area contributed by atoms with Crippen LogP contribution >= 0.6 is 11.8 Å². The molecule has 0 aliphatic rings. The Bertz CT molecular complexity index is 970. The van der Waals surface area contributed by atoms with Gasteiger partial charge in [-0.05, 0) is 30.2 Å². The van der Waals surface area contributed by atoms with Crippen molar-refractivity contribution in [3.8, 4) is 11.1 Å². The number of hydrogen-bond donors (Lipinski definition) is 2. The second-order valence-corrected chi connectivity index (χ2v) is 7.33. The van der Waals surface area contributed by atoms with Crippen molar-refractivity contribution >= 4 is 29.3 Å². The number of nitrogens with zero attached hydrogens (tertiary/aromatic N) is 3. The molecule has 2 aromatic carbocycles. The van der Waals surface area contributed by atoms with E-state index in [-0.39, 0.29) is 24.0 Å². The van der Waals surface area contributed by atoms with Crippen molar-refractivity contribution in [1.82, 2.24) is 14.8 Å². The molecule has 1 heterocycles. The van der Waals surface area contributed by atoms with E-state index in [1.165, 1.54) is 11.8 Å². The SMILES string of the molecule is CCn1c(CCC(N)=O)nnc1SCC(=O)Nc1ccc(-c2ccccc2)cc1. The molecule has 0 atom stereocenters. The van der Waals surface area contributed by atoms with Gasteiger partial charge < -0.3 is 15.6 Å². The van der Waals surface area contributed by atoms with Gasteiger partial charge in [0.2, 0.25) is 11.8 Å². The van der Waals surface area contributed by atoms with Gasteiger partial charge in [-0.3, -0.25) is 9.59 Å². The second kappa shape index (κ2) is 9.88. The minimum Gasteiger partial charge on any atom is -0.370 e. The van der Waals surface area contributed by atoms with Gasteiger partial charge in [0.25, 0.3) is 0 Å².